The molecule has 0 aliphatic heterocycles. The molecule has 0 spiro atoms. The molecular formula is C108H68. The third-order valence-electron chi connectivity index (χ3n) is 22.8. The van der Waals surface area contributed by atoms with Crippen LogP contribution in [0.2, 0.25) is 0 Å². The molecular weight excluding hydrogens is 1300 g/mol. The van der Waals surface area contributed by atoms with Crippen LogP contribution in [-0.2, 0) is 0 Å². The fourth-order valence-electron chi connectivity index (χ4n) is 17.9. The largest absolute Gasteiger partial charge is 0.0616 e. The molecule has 0 amide bonds. The Kier molecular flexibility index (Phi) is 15.0. The molecule has 0 atom stereocenters. The first-order chi connectivity index (χ1) is 53.6. The second-order valence-electron chi connectivity index (χ2n) is 28.8. The van der Waals surface area contributed by atoms with E-state index in [1.807, 2.05) is 0 Å². The van der Waals surface area contributed by atoms with Crippen LogP contribution < -0.4 is 0 Å². The molecule has 0 aliphatic carbocycles. The highest BCUT2D eigenvalue weighted by atomic mass is 14.3. The fraction of sp³-hybridized carbons (Fsp3) is 0. The molecule has 22 aromatic carbocycles. The number of benzene rings is 22. The van der Waals surface area contributed by atoms with E-state index in [9.17, 15) is 0 Å². The van der Waals surface area contributed by atoms with Crippen LogP contribution in [0, 0.1) is 0 Å². The first-order valence-corrected chi connectivity index (χ1v) is 37.5. The van der Waals surface area contributed by atoms with Crippen LogP contribution in [0.3, 0.4) is 0 Å². The van der Waals surface area contributed by atoms with Gasteiger partial charge in [0.05, 0.1) is 0 Å². The molecule has 0 aromatic heterocycles. The summed E-state index contributed by atoms with van der Waals surface area (Å²) in [6, 6.07) is 152. The van der Waals surface area contributed by atoms with Gasteiger partial charge < -0.3 is 0 Å². The van der Waals surface area contributed by atoms with E-state index in [0.29, 0.717) is 0 Å². The van der Waals surface area contributed by atoms with Crippen molar-refractivity contribution in [3.05, 3.63) is 413 Å². The standard InChI is InChI=1S/2C54H34/c1-3-18-43-36(13-1)15-12-26-47(43)54-50-24-9-7-22-48(50)53(49-23-8-10-25-51(49)54)41-30-28-35-27-29-38(32-42(35)33-41)37-16-11-17-39(31-37)52-34-40-14-2-4-19-44(40)45-20-5-6-21-46(45)52;1-3-17-41-36(14-1)16-13-27-47(41)54-50-25-11-9-23-48(50)53(49-24-10-12-26-51(49)54)39-31-29-35-28-30-38(32-40(35)33-39)43-19-5-6-21-45(43)52-34-37-15-2-4-18-42(37)44-20-7-8-22-46(44)52/h2*1-34H. The minimum absolute atomic E-state index is 1.22. The van der Waals surface area contributed by atoms with Gasteiger partial charge in [-0.1, -0.05) is 370 Å². The summed E-state index contributed by atoms with van der Waals surface area (Å²) in [7, 11) is 0. The van der Waals surface area contributed by atoms with E-state index in [1.54, 1.807) is 0 Å². The van der Waals surface area contributed by atoms with Gasteiger partial charge in [-0.3, -0.25) is 0 Å². The van der Waals surface area contributed by atoms with Gasteiger partial charge in [0.15, 0.2) is 0 Å². The third kappa shape index (κ3) is 10.5. The normalized spacial score (nSPS) is 11.7. The second-order valence-corrected chi connectivity index (χ2v) is 28.8. The summed E-state index contributed by atoms with van der Waals surface area (Å²) in [5.74, 6) is 0. The lowest BCUT2D eigenvalue weighted by molar-refractivity contribution is 1.62. The Morgan fingerprint density at radius 2 is 0.370 bits per heavy atom. The minimum Gasteiger partial charge on any atom is -0.0616 e. The van der Waals surface area contributed by atoms with Gasteiger partial charge in [0.25, 0.3) is 0 Å². The van der Waals surface area contributed by atoms with Crippen LogP contribution in [0.5, 0.6) is 0 Å². The Morgan fingerprint density at radius 3 is 0.843 bits per heavy atom. The van der Waals surface area contributed by atoms with Crippen molar-refractivity contribution in [2.45, 2.75) is 0 Å². The van der Waals surface area contributed by atoms with Crippen LogP contribution >= 0.6 is 0 Å². The number of rotatable bonds is 8. The third-order valence-corrected chi connectivity index (χ3v) is 22.8. The molecule has 0 nitrogen and oxygen atoms in total. The lowest BCUT2D eigenvalue weighted by atomic mass is 9.84. The number of hydrogen-bond acceptors (Lipinski definition) is 0. The molecule has 0 aliphatic rings. The van der Waals surface area contributed by atoms with E-state index in [0.717, 1.165) is 0 Å². The first-order valence-electron chi connectivity index (χ1n) is 37.5. The summed E-state index contributed by atoms with van der Waals surface area (Å²) in [5.41, 5.74) is 20.0. The van der Waals surface area contributed by atoms with Crippen molar-refractivity contribution in [3.63, 3.8) is 0 Å². The van der Waals surface area contributed by atoms with Gasteiger partial charge in [0.1, 0.15) is 0 Å². The average molecular weight is 1370 g/mol. The van der Waals surface area contributed by atoms with Crippen LogP contribution in [0.4, 0.5) is 0 Å². The summed E-state index contributed by atoms with van der Waals surface area (Å²) in [6.07, 6.45) is 0. The van der Waals surface area contributed by atoms with E-state index >= 15 is 0 Å². The molecule has 0 unspecified atom stereocenters. The monoisotopic (exact) mass is 1360 g/mol. The van der Waals surface area contributed by atoms with Gasteiger partial charge in [0, 0.05) is 0 Å². The molecule has 0 saturated heterocycles. The van der Waals surface area contributed by atoms with Crippen LogP contribution in [0.1, 0.15) is 0 Å². The summed E-state index contributed by atoms with van der Waals surface area (Å²) in [6.45, 7) is 0. The van der Waals surface area contributed by atoms with E-state index in [-0.39, 0.29) is 0 Å². The van der Waals surface area contributed by atoms with Crippen molar-refractivity contribution in [3.8, 4) is 89.0 Å². The van der Waals surface area contributed by atoms with Gasteiger partial charge in [-0.05, 0) is 261 Å². The fourth-order valence-corrected chi connectivity index (χ4v) is 17.9. The molecule has 0 saturated carbocycles. The predicted octanol–water partition coefficient (Wildman–Crippen LogP) is 30.5. The molecule has 0 heterocycles. The number of fused-ring (bicyclic) bond motifs is 14. The quantitative estimate of drug-likeness (QED) is 0.105. The van der Waals surface area contributed by atoms with Crippen molar-refractivity contribution in [2.24, 2.45) is 0 Å². The maximum atomic E-state index is 2.40. The van der Waals surface area contributed by atoms with Crippen molar-refractivity contribution in [1.29, 1.82) is 0 Å². The maximum absolute atomic E-state index is 2.40. The Bertz CT molecular complexity index is 7310. The Hall–Kier alpha value is -14.0. The van der Waals surface area contributed by atoms with Crippen molar-refractivity contribution in [1.82, 2.24) is 0 Å². The summed E-state index contributed by atoms with van der Waals surface area (Å²) >= 11 is 0. The van der Waals surface area contributed by atoms with Crippen molar-refractivity contribution in [2.75, 3.05) is 0 Å². The van der Waals surface area contributed by atoms with E-state index in [4.69, 9.17) is 0 Å². The highest BCUT2D eigenvalue weighted by molar-refractivity contribution is 6.26. The zero-order valence-electron chi connectivity index (χ0n) is 59.3. The zero-order valence-corrected chi connectivity index (χ0v) is 59.3. The average Bonchev–Trinajstić information content (AvgIpc) is 0.733. The summed E-state index contributed by atoms with van der Waals surface area (Å²) in [4.78, 5) is 0. The van der Waals surface area contributed by atoms with Gasteiger partial charge >= 0.3 is 0 Å². The molecule has 0 heteroatoms. The predicted molar refractivity (Wildman–Crippen MR) is 466 cm³/mol. The Labute approximate surface area is 626 Å². The summed E-state index contributed by atoms with van der Waals surface area (Å²) < 4.78 is 0. The topological polar surface area (TPSA) is 0 Å². The smallest absolute Gasteiger partial charge is 0.00201 e. The molecule has 0 fully saturated rings. The van der Waals surface area contributed by atoms with Crippen LogP contribution in [0.15, 0.2) is 413 Å². The minimum atomic E-state index is 1.22. The second kappa shape index (κ2) is 26.0. The van der Waals surface area contributed by atoms with Gasteiger partial charge in [-0.2, -0.15) is 0 Å². The van der Waals surface area contributed by atoms with E-state index < -0.39 is 0 Å². The molecule has 22 rings (SSSR count). The molecule has 22 aromatic rings. The van der Waals surface area contributed by atoms with Crippen LogP contribution in [0.25, 0.3) is 218 Å². The lowest BCUT2D eigenvalue weighted by Crippen LogP contribution is -1.92. The van der Waals surface area contributed by atoms with E-state index in [2.05, 4.69) is 413 Å². The lowest BCUT2D eigenvalue weighted by Gasteiger charge is -2.19. The van der Waals surface area contributed by atoms with E-state index in [1.165, 1.54) is 218 Å². The van der Waals surface area contributed by atoms with Gasteiger partial charge in [-0.25, -0.2) is 0 Å². The van der Waals surface area contributed by atoms with Gasteiger partial charge in [-0.15, -0.1) is 0 Å². The molecule has 108 heavy (non-hydrogen) atoms. The molecule has 500 valence electrons. The van der Waals surface area contributed by atoms with Crippen molar-refractivity contribution < 1.29 is 0 Å². The highest BCUT2D eigenvalue weighted by Crippen LogP contribution is 2.50. The summed E-state index contributed by atoms with van der Waals surface area (Å²) in [5, 5.41) is 30.4. The number of hydrogen-bond donors (Lipinski definition) is 0. The Balaban J connectivity index is 0.000000138. The van der Waals surface area contributed by atoms with Gasteiger partial charge in [0.2, 0.25) is 0 Å². The zero-order chi connectivity index (χ0) is 71.2. The molecule has 0 radical (unpaired) electrons. The highest BCUT2D eigenvalue weighted by Gasteiger charge is 2.22. The molecule has 0 N–H and O–H groups in total. The first kappa shape index (κ1) is 62.5. The van der Waals surface area contributed by atoms with Crippen molar-refractivity contribution >= 4 is 129 Å². The van der Waals surface area contributed by atoms with Crippen LogP contribution in [-0.4, -0.2) is 0 Å². The Morgan fingerprint density at radius 1 is 0.0926 bits per heavy atom. The molecule has 0 bridgehead atoms. The SMILES string of the molecule is c1cc(-c2ccc3ccc(-c4c5ccccc5c(-c5cccc6ccccc56)c5ccccc45)cc3c2)cc(-c2cc3ccccc3c3ccccc23)c1.c1ccc(-c2cc3ccccc3c3ccccc23)c(-c2ccc3ccc(-c4c5ccccc5c(-c5cccc6ccccc56)c5ccccc45)cc3c2)c1. The maximum Gasteiger partial charge on any atom is -0.00201 e.